The Hall–Kier alpha value is -0.680. The molecule has 0 bridgehead atoms. The molecule has 0 aromatic rings. The second-order valence-electron chi connectivity index (χ2n) is 8.19. The van der Waals surface area contributed by atoms with Crippen LogP contribution in [-0.4, -0.2) is 28.3 Å². The maximum absolute atomic E-state index is 12.0. The van der Waals surface area contributed by atoms with Gasteiger partial charge in [-0.2, -0.15) is 0 Å². The quantitative estimate of drug-likeness (QED) is 0.134. The Morgan fingerprint density at radius 3 is 1.97 bits per heavy atom. The summed E-state index contributed by atoms with van der Waals surface area (Å²) in [7, 11) is -4.51. The molecule has 0 heterocycles. The first-order valence-corrected chi connectivity index (χ1v) is 12.9. The smallest absolute Gasteiger partial charge is 0.351 e. The minimum absolute atomic E-state index is 0.0358. The summed E-state index contributed by atoms with van der Waals surface area (Å²) in [5.41, 5.74) is 0. The average Bonchev–Trinajstić information content (AvgIpc) is 2.64. The molecule has 0 aliphatic heterocycles. The van der Waals surface area contributed by atoms with Crippen molar-refractivity contribution in [1.82, 2.24) is 5.32 Å². The van der Waals surface area contributed by atoms with Gasteiger partial charge in [-0.05, 0) is 38.0 Å². The number of hydrogen-bond donors (Lipinski definition) is 3. The van der Waals surface area contributed by atoms with E-state index in [4.69, 9.17) is 9.79 Å². The van der Waals surface area contributed by atoms with E-state index < -0.39 is 13.9 Å². The van der Waals surface area contributed by atoms with Crippen LogP contribution in [0.1, 0.15) is 104 Å². The minimum Gasteiger partial charge on any atom is -0.351 e. The van der Waals surface area contributed by atoms with Crippen molar-refractivity contribution in [3.05, 3.63) is 12.2 Å². The average molecular weight is 434 g/mol. The fourth-order valence-electron chi connectivity index (χ4n) is 3.04. The van der Waals surface area contributed by atoms with Crippen molar-refractivity contribution in [1.29, 1.82) is 0 Å². The Bertz CT molecular complexity index is 476. The molecule has 0 spiro atoms. The summed E-state index contributed by atoms with van der Waals surface area (Å²) in [6.07, 6.45) is 19.5. The third-order valence-corrected chi connectivity index (χ3v) is 5.47. The number of unbranched alkanes of at least 4 members (excludes halogenated alkanes) is 10. The van der Waals surface area contributed by atoms with Crippen molar-refractivity contribution in [2.24, 2.45) is 5.92 Å². The number of nitrogens with one attached hydrogen (secondary N) is 1. The Balaban J connectivity index is 3.65. The van der Waals surface area contributed by atoms with Crippen molar-refractivity contribution in [3.8, 4) is 0 Å². The van der Waals surface area contributed by atoms with Gasteiger partial charge >= 0.3 is 7.82 Å². The summed E-state index contributed by atoms with van der Waals surface area (Å²) in [4.78, 5) is 29.6. The highest BCUT2D eigenvalue weighted by atomic mass is 31.2. The molecule has 0 saturated carbocycles. The van der Waals surface area contributed by atoms with Gasteiger partial charge in [0.25, 0.3) is 0 Å². The van der Waals surface area contributed by atoms with Crippen LogP contribution >= 0.6 is 7.82 Å². The van der Waals surface area contributed by atoms with E-state index in [0.717, 1.165) is 32.1 Å². The lowest BCUT2D eigenvalue weighted by Gasteiger charge is -2.22. The topological polar surface area (TPSA) is 95.9 Å². The SMILES string of the molecule is CCCCCCCC/C=C\CCCCCCC(=O)N[C@H](COP(=O)(O)O)C(C)C. The zero-order chi connectivity index (χ0) is 22.0. The van der Waals surface area contributed by atoms with Crippen molar-refractivity contribution in [3.63, 3.8) is 0 Å². The lowest BCUT2D eigenvalue weighted by atomic mass is 10.0. The Kier molecular flexibility index (Phi) is 17.7. The van der Waals surface area contributed by atoms with Crippen molar-refractivity contribution in [2.75, 3.05) is 6.61 Å². The molecular formula is C22H44NO5P. The van der Waals surface area contributed by atoms with Gasteiger partial charge in [0.2, 0.25) is 5.91 Å². The van der Waals surface area contributed by atoms with E-state index in [2.05, 4.69) is 28.9 Å². The van der Waals surface area contributed by atoms with Gasteiger partial charge in [-0.25, -0.2) is 4.57 Å². The van der Waals surface area contributed by atoms with E-state index in [1.807, 2.05) is 13.8 Å². The normalized spacial score (nSPS) is 13.3. The summed E-state index contributed by atoms with van der Waals surface area (Å²) in [5.74, 6) is -0.0505. The largest absolute Gasteiger partial charge is 0.469 e. The molecular weight excluding hydrogens is 389 g/mol. The van der Waals surface area contributed by atoms with E-state index in [-0.39, 0.29) is 18.4 Å². The summed E-state index contributed by atoms with van der Waals surface area (Å²) in [6.45, 7) is 5.83. The van der Waals surface area contributed by atoms with E-state index >= 15 is 0 Å². The molecule has 0 aliphatic carbocycles. The van der Waals surface area contributed by atoms with Gasteiger partial charge in [0, 0.05) is 6.42 Å². The van der Waals surface area contributed by atoms with Crippen molar-refractivity contribution in [2.45, 2.75) is 110 Å². The lowest BCUT2D eigenvalue weighted by Crippen LogP contribution is -2.41. The van der Waals surface area contributed by atoms with E-state index in [0.29, 0.717) is 6.42 Å². The van der Waals surface area contributed by atoms with Gasteiger partial charge in [-0.15, -0.1) is 0 Å². The fourth-order valence-corrected chi connectivity index (χ4v) is 3.39. The van der Waals surface area contributed by atoms with Gasteiger partial charge in [0.1, 0.15) is 0 Å². The van der Waals surface area contributed by atoms with Crippen molar-refractivity contribution < 1.29 is 23.7 Å². The van der Waals surface area contributed by atoms with Crippen LogP contribution in [0.2, 0.25) is 0 Å². The Labute approximate surface area is 178 Å². The molecule has 0 rings (SSSR count). The second kappa shape index (κ2) is 18.1. The summed E-state index contributed by atoms with van der Waals surface area (Å²) in [6, 6.07) is -0.396. The molecule has 29 heavy (non-hydrogen) atoms. The van der Waals surface area contributed by atoms with Crippen LogP contribution in [0.25, 0.3) is 0 Å². The molecule has 0 aliphatic rings. The molecule has 0 fully saturated rings. The summed E-state index contributed by atoms with van der Waals surface area (Å²) < 4.78 is 15.3. The van der Waals surface area contributed by atoms with Gasteiger partial charge in [-0.1, -0.05) is 77.9 Å². The molecule has 0 radical (unpaired) electrons. The van der Waals surface area contributed by atoms with Gasteiger partial charge in [0.15, 0.2) is 0 Å². The number of amides is 1. The molecule has 3 N–H and O–H groups in total. The minimum atomic E-state index is -4.51. The van der Waals surface area contributed by atoms with Gasteiger partial charge in [-0.3, -0.25) is 9.32 Å². The molecule has 7 heteroatoms. The van der Waals surface area contributed by atoms with E-state index in [1.54, 1.807) is 0 Å². The first kappa shape index (κ1) is 28.3. The molecule has 6 nitrogen and oxygen atoms in total. The maximum Gasteiger partial charge on any atom is 0.469 e. The van der Waals surface area contributed by atoms with Crippen LogP contribution in [0.5, 0.6) is 0 Å². The maximum atomic E-state index is 12.0. The van der Waals surface area contributed by atoms with Crippen LogP contribution in [0.4, 0.5) is 0 Å². The third-order valence-electron chi connectivity index (χ3n) is 4.99. The molecule has 172 valence electrons. The predicted molar refractivity (Wildman–Crippen MR) is 120 cm³/mol. The highest BCUT2D eigenvalue weighted by molar-refractivity contribution is 7.46. The first-order valence-electron chi connectivity index (χ1n) is 11.4. The van der Waals surface area contributed by atoms with Crippen LogP contribution in [0.15, 0.2) is 12.2 Å². The number of carbonyl (C=O) groups is 1. The number of phosphoric ester groups is 1. The van der Waals surface area contributed by atoms with E-state index in [9.17, 15) is 9.36 Å². The van der Waals surface area contributed by atoms with Crippen LogP contribution in [-0.2, 0) is 13.9 Å². The fraction of sp³-hybridized carbons (Fsp3) is 0.864. The highest BCUT2D eigenvalue weighted by Gasteiger charge is 2.21. The molecule has 0 unspecified atom stereocenters. The number of allylic oxidation sites excluding steroid dienone is 2. The molecule has 0 aromatic heterocycles. The molecule has 0 saturated heterocycles. The van der Waals surface area contributed by atoms with Crippen LogP contribution in [0, 0.1) is 5.92 Å². The second-order valence-corrected chi connectivity index (χ2v) is 9.42. The zero-order valence-corrected chi connectivity index (χ0v) is 19.7. The lowest BCUT2D eigenvalue weighted by molar-refractivity contribution is -0.122. The van der Waals surface area contributed by atoms with Crippen LogP contribution < -0.4 is 5.32 Å². The highest BCUT2D eigenvalue weighted by Crippen LogP contribution is 2.36. The van der Waals surface area contributed by atoms with Gasteiger partial charge in [0.05, 0.1) is 12.6 Å². The molecule has 0 aromatic carbocycles. The Morgan fingerprint density at radius 2 is 1.45 bits per heavy atom. The number of hydrogen-bond acceptors (Lipinski definition) is 3. The molecule has 1 atom stereocenters. The van der Waals surface area contributed by atoms with Gasteiger partial charge < -0.3 is 15.1 Å². The standard InChI is InChI=1S/C22H44NO5P/c1-4-5-6-7-8-9-10-11-12-13-14-15-16-17-18-22(24)23-21(20(2)3)19-28-29(25,26)27/h11-12,20-21H,4-10,13-19H2,1-3H3,(H,23,24)(H2,25,26,27)/b12-11-/t21-/m1/s1. The van der Waals surface area contributed by atoms with Crippen LogP contribution in [0.3, 0.4) is 0 Å². The Morgan fingerprint density at radius 1 is 0.931 bits per heavy atom. The number of phosphoric acid groups is 1. The number of rotatable bonds is 19. The first-order chi connectivity index (χ1) is 13.8. The monoisotopic (exact) mass is 433 g/mol. The van der Waals surface area contributed by atoms with Crippen molar-refractivity contribution >= 4 is 13.7 Å². The molecule has 1 amide bonds. The number of carbonyl (C=O) groups excluding carboxylic acids is 1. The summed E-state index contributed by atoms with van der Waals surface area (Å²) in [5, 5.41) is 2.82. The zero-order valence-electron chi connectivity index (χ0n) is 18.8. The summed E-state index contributed by atoms with van der Waals surface area (Å²) >= 11 is 0. The van der Waals surface area contributed by atoms with E-state index in [1.165, 1.54) is 44.9 Å². The third kappa shape index (κ3) is 20.4. The predicted octanol–water partition coefficient (Wildman–Crippen LogP) is 5.88.